The van der Waals surface area contributed by atoms with Crippen LogP contribution in [0.3, 0.4) is 0 Å². The monoisotopic (exact) mass is 277 g/mol. The molecule has 3 aromatic rings. The zero-order valence-electron chi connectivity index (χ0n) is 12.0. The molecule has 0 aliphatic carbocycles. The van der Waals surface area contributed by atoms with Gasteiger partial charge in [-0.2, -0.15) is 5.26 Å². The van der Waals surface area contributed by atoms with Gasteiger partial charge in [-0.3, -0.25) is 0 Å². The number of aromatic nitrogens is 2. The average molecular weight is 277 g/mol. The van der Waals surface area contributed by atoms with Crippen molar-refractivity contribution in [2.75, 3.05) is 7.11 Å². The fourth-order valence-electron chi connectivity index (χ4n) is 2.50. The smallest absolute Gasteiger partial charge is 0.137 e. The number of nitriles is 1. The zero-order valence-corrected chi connectivity index (χ0v) is 12.0. The van der Waals surface area contributed by atoms with Crippen molar-refractivity contribution < 1.29 is 4.74 Å². The Morgan fingerprint density at radius 3 is 2.81 bits per heavy atom. The van der Waals surface area contributed by atoms with Gasteiger partial charge < -0.3 is 9.14 Å². The molecule has 4 nitrogen and oxygen atoms in total. The lowest BCUT2D eigenvalue weighted by atomic mass is 10.1. The molecule has 0 aliphatic heterocycles. The summed E-state index contributed by atoms with van der Waals surface area (Å²) in [6, 6.07) is 14.0. The van der Waals surface area contributed by atoms with Gasteiger partial charge in [-0.25, -0.2) is 4.98 Å². The van der Waals surface area contributed by atoms with Crippen molar-refractivity contribution in [3.05, 3.63) is 53.9 Å². The van der Waals surface area contributed by atoms with Crippen LogP contribution >= 0.6 is 0 Å². The second-order valence-corrected chi connectivity index (χ2v) is 4.88. The minimum absolute atomic E-state index is 0.304. The van der Waals surface area contributed by atoms with Crippen LogP contribution in [0.15, 0.2) is 42.6 Å². The van der Waals surface area contributed by atoms with Gasteiger partial charge in [0.1, 0.15) is 11.4 Å². The van der Waals surface area contributed by atoms with E-state index in [1.165, 1.54) is 0 Å². The number of benzene rings is 1. The first-order chi connectivity index (χ1) is 10.2. The summed E-state index contributed by atoms with van der Waals surface area (Å²) in [5.74, 6) is 0.761. The quantitative estimate of drug-likeness (QED) is 0.737. The SMILES string of the molecule is COc1ccccc1-c1nc2ccc(C)cn2c1CC#N. The maximum Gasteiger partial charge on any atom is 0.137 e. The van der Waals surface area contributed by atoms with Gasteiger partial charge in [0.05, 0.1) is 31.0 Å². The molecule has 0 unspecified atom stereocenters. The van der Waals surface area contributed by atoms with Crippen molar-refractivity contribution in [2.24, 2.45) is 0 Å². The molecule has 2 aromatic heterocycles. The highest BCUT2D eigenvalue weighted by molar-refractivity contribution is 5.72. The van der Waals surface area contributed by atoms with Crippen LogP contribution in [0, 0.1) is 18.3 Å². The molecule has 0 saturated heterocycles. The van der Waals surface area contributed by atoms with Crippen LogP contribution in [-0.4, -0.2) is 16.5 Å². The molecule has 0 radical (unpaired) electrons. The predicted octanol–water partition coefficient (Wildman–Crippen LogP) is 3.38. The number of hydrogen-bond acceptors (Lipinski definition) is 3. The van der Waals surface area contributed by atoms with E-state index in [9.17, 15) is 0 Å². The fourth-order valence-corrected chi connectivity index (χ4v) is 2.50. The number of hydrogen-bond donors (Lipinski definition) is 0. The third-order valence-corrected chi connectivity index (χ3v) is 3.47. The number of rotatable bonds is 3. The van der Waals surface area contributed by atoms with Gasteiger partial charge in [-0.1, -0.05) is 18.2 Å². The molecule has 0 saturated carbocycles. The lowest BCUT2D eigenvalue weighted by Crippen LogP contribution is -1.95. The maximum atomic E-state index is 9.14. The van der Waals surface area contributed by atoms with Crippen molar-refractivity contribution >= 4 is 5.65 Å². The number of nitrogens with zero attached hydrogens (tertiary/aromatic N) is 3. The largest absolute Gasteiger partial charge is 0.496 e. The average Bonchev–Trinajstić information content (AvgIpc) is 2.86. The first-order valence-electron chi connectivity index (χ1n) is 6.72. The Hall–Kier alpha value is -2.80. The molecule has 3 rings (SSSR count). The Balaban J connectivity index is 2.31. The standard InChI is InChI=1S/C17H15N3O/c1-12-7-8-16-19-17(14(9-10-18)20(16)11-12)13-5-3-4-6-15(13)21-2/h3-8,11H,9H2,1-2H3. The summed E-state index contributed by atoms with van der Waals surface area (Å²) in [5, 5.41) is 9.14. The van der Waals surface area contributed by atoms with Crippen LogP contribution < -0.4 is 4.74 Å². The number of methoxy groups -OCH3 is 1. The van der Waals surface area contributed by atoms with Gasteiger partial charge in [-0.15, -0.1) is 0 Å². The van der Waals surface area contributed by atoms with Crippen LogP contribution in [0.5, 0.6) is 5.75 Å². The van der Waals surface area contributed by atoms with E-state index in [0.29, 0.717) is 6.42 Å². The molecular weight excluding hydrogens is 262 g/mol. The van der Waals surface area contributed by atoms with Gasteiger partial charge in [0.25, 0.3) is 0 Å². The van der Waals surface area contributed by atoms with E-state index in [-0.39, 0.29) is 0 Å². The summed E-state index contributed by atoms with van der Waals surface area (Å²) in [6.45, 7) is 2.03. The second kappa shape index (κ2) is 5.29. The molecule has 0 atom stereocenters. The van der Waals surface area contributed by atoms with Crippen molar-refractivity contribution in [1.82, 2.24) is 9.38 Å². The molecule has 0 spiro atoms. The summed E-state index contributed by atoms with van der Waals surface area (Å²) in [5.41, 5.74) is 4.57. The number of fused-ring (bicyclic) bond motifs is 1. The van der Waals surface area contributed by atoms with Gasteiger partial charge in [-0.05, 0) is 30.7 Å². The fraction of sp³-hybridized carbons (Fsp3) is 0.176. The molecule has 0 fully saturated rings. The minimum Gasteiger partial charge on any atom is -0.496 e. The summed E-state index contributed by atoms with van der Waals surface area (Å²) >= 11 is 0. The third-order valence-electron chi connectivity index (χ3n) is 3.47. The van der Waals surface area contributed by atoms with Crippen molar-refractivity contribution in [3.63, 3.8) is 0 Å². The van der Waals surface area contributed by atoms with Crippen LogP contribution in [0.2, 0.25) is 0 Å². The van der Waals surface area contributed by atoms with Crippen molar-refractivity contribution in [2.45, 2.75) is 13.3 Å². The summed E-state index contributed by atoms with van der Waals surface area (Å²) in [7, 11) is 1.64. The van der Waals surface area contributed by atoms with Crippen LogP contribution in [0.1, 0.15) is 11.3 Å². The number of aryl methyl sites for hydroxylation is 1. The molecule has 104 valence electrons. The highest BCUT2D eigenvalue weighted by Crippen LogP contribution is 2.32. The Kier molecular flexibility index (Phi) is 3.33. The first kappa shape index (κ1) is 13.2. The molecule has 0 bridgehead atoms. The maximum absolute atomic E-state index is 9.14. The first-order valence-corrected chi connectivity index (χ1v) is 6.72. The molecule has 0 N–H and O–H groups in total. The molecule has 0 aliphatic rings. The Bertz CT molecular complexity index is 843. The van der Waals surface area contributed by atoms with Crippen molar-refractivity contribution in [1.29, 1.82) is 5.26 Å². The van der Waals surface area contributed by atoms with Gasteiger partial charge in [0.15, 0.2) is 0 Å². The van der Waals surface area contributed by atoms with Crippen LogP contribution in [0.4, 0.5) is 0 Å². The lowest BCUT2D eigenvalue weighted by Gasteiger charge is -2.07. The van der Waals surface area contributed by atoms with Gasteiger partial charge in [0.2, 0.25) is 0 Å². The van der Waals surface area contributed by atoms with Gasteiger partial charge in [0, 0.05) is 11.8 Å². The predicted molar refractivity (Wildman–Crippen MR) is 81.2 cm³/mol. The molecule has 1 aromatic carbocycles. The summed E-state index contributed by atoms with van der Waals surface area (Å²) < 4.78 is 7.41. The zero-order chi connectivity index (χ0) is 14.8. The minimum atomic E-state index is 0.304. The van der Waals surface area contributed by atoms with E-state index >= 15 is 0 Å². The number of para-hydroxylation sites is 1. The van der Waals surface area contributed by atoms with E-state index in [4.69, 9.17) is 10.00 Å². The third kappa shape index (κ3) is 2.23. The molecular formula is C17H15N3O. The Morgan fingerprint density at radius 1 is 1.24 bits per heavy atom. The Morgan fingerprint density at radius 2 is 2.05 bits per heavy atom. The van der Waals surface area contributed by atoms with Crippen LogP contribution in [-0.2, 0) is 6.42 Å². The lowest BCUT2D eigenvalue weighted by molar-refractivity contribution is 0.416. The highest BCUT2D eigenvalue weighted by Gasteiger charge is 2.16. The van der Waals surface area contributed by atoms with E-state index in [1.807, 2.05) is 53.9 Å². The van der Waals surface area contributed by atoms with Crippen molar-refractivity contribution in [3.8, 4) is 23.1 Å². The molecule has 21 heavy (non-hydrogen) atoms. The topological polar surface area (TPSA) is 50.3 Å². The molecule has 2 heterocycles. The summed E-state index contributed by atoms with van der Waals surface area (Å²) in [4.78, 5) is 4.68. The Labute approximate surface area is 123 Å². The number of ether oxygens (including phenoxy) is 1. The van der Waals surface area contributed by atoms with E-state index in [0.717, 1.165) is 33.9 Å². The number of imidazole rings is 1. The number of pyridine rings is 1. The highest BCUT2D eigenvalue weighted by atomic mass is 16.5. The molecule has 0 amide bonds. The van der Waals surface area contributed by atoms with E-state index in [2.05, 4.69) is 11.1 Å². The van der Waals surface area contributed by atoms with Gasteiger partial charge >= 0.3 is 0 Å². The summed E-state index contributed by atoms with van der Waals surface area (Å²) in [6.07, 6.45) is 2.31. The van der Waals surface area contributed by atoms with E-state index < -0.39 is 0 Å². The van der Waals surface area contributed by atoms with Crippen LogP contribution in [0.25, 0.3) is 16.9 Å². The normalized spacial score (nSPS) is 10.5. The second-order valence-electron chi connectivity index (χ2n) is 4.88. The van der Waals surface area contributed by atoms with E-state index in [1.54, 1.807) is 7.11 Å². The molecule has 4 heteroatoms.